The van der Waals surface area contributed by atoms with Crippen LogP contribution in [0.5, 0.6) is 0 Å². The molecule has 23 heavy (non-hydrogen) atoms. The molecule has 0 amide bonds. The van der Waals surface area contributed by atoms with Crippen LogP contribution in [0.1, 0.15) is 35.7 Å². The van der Waals surface area contributed by atoms with E-state index in [1.165, 1.54) is 28.8 Å². The molecule has 1 atom stereocenters. The Hall–Kier alpha value is -2.39. The zero-order valence-corrected chi connectivity index (χ0v) is 13.0. The van der Waals surface area contributed by atoms with Crippen LogP contribution in [0.15, 0.2) is 61.1 Å². The Morgan fingerprint density at radius 1 is 1.09 bits per heavy atom. The SMILES string of the molecule is OCc1ccc(-c2ccccc2C2CCCc3cncn32)cc1. The molecule has 3 heteroatoms. The number of aliphatic hydroxyl groups excluding tert-OH is 1. The molecule has 0 spiro atoms. The Bertz CT molecular complexity index is 805. The summed E-state index contributed by atoms with van der Waals surface area (Å²) in [5, 5.41) is 9.23. The third-order valence-corrected chi connectivity index (χ3v) is 4.76. The van der Waals surface area contributed by atoms with Gasteiger partial charge in [-0.05, 0) is 41.5 Å². The Balaban J connectivity index is 1.79. The third kappa shape index (κ3) is 2.57. The molecule has 1 aliphatic heterocycles. The van der Waals surface area contributed by atoms with Gasteiger partial charge >= 0.3 is 0 Å². The van der Waals surface area contributed by atoms with E-state index >= 15 is 0 Å². The number of aromatic nitrogens is 2. The number of aliphatic hydroxyl groups is 1. The van der Waals surface area contributed by atoms with Crippen molar-refractivity contribution in [2.24, 2.45) is 0 Å². The van der Waals surface area contributed by atoms with Gasteiger partial charge in [0, 0.05) is 11.9 Å². The minimum absolute atomic E-state index is 0.0863. The number of imidazole rings is 1. The van der Waals surface area contributed by atoms with Crippen LogP contribution >= 0.6 is 0 Å². The quantitative estimate of drug-likeness (QED) is 0.795. The minimum atomic E-state index is 0.0863. The summed E-state index contributed by atoms with van der Waals surface area (Å²) < 4.78 is 2.32. The fourth-order valence-electron chi connectivity index (χ4n) is 3.57. The van der Waals surface area contributed by atoms with Crippen molar-refractivity contribution in [2.45, 2.75) is 31.9 Å². The van der Waals surface area contributed by atoms with E-state index in [1.807, 2.05) is 24.7 Å². The van der Waals surface area contributed by atoms with Gasteiger partial charge in [-0.3, -0.25) is 0 Å². The van der Waals surface area contributed by atoms with Crippen molar-refractivity contribution in [3.8, 4) is 11.1 Å². The van der Waals surface area contributed by atoms with Gasteiger partial charge in [-0.2, -0.15) is 0 Å². The van der Waals surface area contributed by atoms with Crippen LogP contribution < -0.4 is 0 Å². The van der Waals surface area contributed by atoms with Crippen molar-refractivity contribution >= 4 is 0 Å². The average Bonchev–Trinajstić information content (AvgIpc) is 3.10. The molecule has 0 saturated heterocycles. The van der Waals surface area contributed by atoms with Crippen molar-refractivity contribution in [1.82, 2.24) is 9.55 Å². The van der Waals surface area contributed by atoms with E-state index in [2.05, 4.69) is 45.9 Å². The molecule has 0 saturated carbocycles. The van der Waals surface area contributed by atoms with Crippen LogP contribution in [-0.4, -0.2) is 14.7 Å². The molecule has 0 radical (unpaired) electrons. The van der Waals surface area contributed by atoms with Gasteiger partial charge in [0.05, 0.1) is 19.0 Å². The number of fused-ring (bicyclic) bond motifs is 1. The van der Waals surface area contributed by atoms with E-state index in [1.54, 1.807) is 0 Å². The Labute approximate surface area is 136 Å². The van der Waals surface area contributed by atoms with Gasteiger partial charge in [-0.1, -0.05) is 48.5 Å². The van der Waals surface area contributed by atoms with E-state index in [4.69, 9.17) is 0 Å². The molecular weight excluding hydrogens is 284 g/mol. The zero-order chi connectivity index (χ0) is 15.6. The molecular formula is C20H20N2O. The largest absolute Gasteiger partial charge is 0.392 e. The molecule has 0 fully saturated rings. The maximum atomic E-state index is 9.23. The van der Waals surface area contributed by atoms with E-state index in [0.717, 1.165) is 18.4 Å². The van der Waals surface area contributed by atoms with E-state index in [0.29, 0.717) is 6.04 Å². The summed E-state index contributed by atoms with van der Waals surface area (Å²) in [6.07, 6.45) is 7.42. The van der Waals surface area contributed by atoms with Crippen molar-refractivity contribution in [2.75, 3.05) is 0 Å². The number of hydrogen-bond donors (Lipinski definition) is 1. The highest BCUT2D eigenvalue weighted by atomic mass is 16.3. The van der Waals surface area contributed by atoms with Crippen molar-refractivity contribution < 1.29 is 5.11 Å². The standard InChI is InChI=1S/C20H20N2O/c23-13-15-8-10-16(11-9-15)18-5-1-2-6-19(18)20-7-3-4-17-12-21-14-22(17)20/h1-2,5-6,8-12,14,20,23H,3-4,7,13H2. The monoisotopic (exact) mass is 304 g/mol. The van der Waals surface area contributed by atoms with Crippen molar-refractivity contribution in [1.29, 1.82) is 0 Å². The molecule has 1 N–H and O–H groups in total. The van der Waals surface area contributed by atoms with Gasteiger partial charge in [0.2, 0.25) is 0 Å². The van der Waals surface area contributed by atoms with Gasteiger partial charge in [0.1, 0.15) is 0 Å². The summed E-state index contributed by atoms with van der Waals surface area (Å²) in [5.74, 6) is 0. The summed E-state index contributed by atoms with van der Waals surface area (Å²) in [4.78, 5) is 4.34. The third-order valence-electron chi connectivity index (χ3n) is 4.76. The molecule has 3 aromatic rings. The lowest BCUT2D eigenvalue weighted by Crippen LogP contribution is -2.18. The predicted molar refractivity (Wildman–Crippen MR) is 91.1 cm³/mol. The Kier molecular flexibility index (Phi) is 3.72. The van der Waals surface area contributed by atoms with Crippen LogP contribution in [-0.2, 0) is 13.0 Å². The van der Waals surface area contributed by atoms with E-state index in [9.17, 15) is 5.11 Å². The number of aryl methyl sites for hydroxylation is 1. The van der Waals surface area contributed by atoms with Gasteiger partial charge in [0.15, 0.2) is 0 Å². The smallest absolute Gasteiger partial charge is 0.0953 e. The highest BCUT2D eigenvalue weighted by molar-refractivity contribution is 5.68. The molecule has 116 valence electrons. The maximum Gasteiger partial charge on any atom is 0.0953 e. The molecule has 1 aromatic heterocycles. The normalized spacial score (nSPS) is 17.0. The Morgan fingerprint density at radius 3 is 2.74 bits per heavy atom. The first kappa shape index (κ1) is 14.2. The second-order valence-corrected chi connectivity index (χ2v) is 6.14. The molecule has 3 nitrogen and oxygen atoms in total. The molecule has 2 aromatic carbocycles. The van der Waals surface area contributed by atoms with Gasteiger partial charge in [-0.15, -0.1) is 0 Å². The van der Waals surface area contributed by atoms with Crippen molar-refractivity contribution in [3.63, 3.8) is 0 Å². The zero-order valence-electron chi connectivity index (χ0n) is 13.0. The molecule has 0 aliphatic carbocycles. The Morgan fingerprint density at radius 2 is 1.91 bits per heavy atom. The predicted octanol–water partition coefficient (Wildman–Crippen LogP) is 3.97. The van der Waals surface area contributed by atoms with Crippen LogP contribution in [0.25, 0.3) is 11.1 Å². The number of nitrogens with zero attached hydrogens (tertiary/aromatic N) is 2. The average molecular weight is 304 g/mol. The summed E-state index contributed by atoms with van der Waals surface area (Å²) >= 11 is 0. The van der Waals surface area contributed by atoms with Crippen LogP contribution in [0, 0.1) is 0 Å². The summed E-state index contributed by atoms with van der Waals surface area (Å²) in [6.45, 7) is 0.0863. The summed E-state index contributed by atoms with van der Waals surface area (Å²) in [7, 11) is 0. The lowest BCUT2D eigenvalue weighted by atomic mass is 9.90. The molecule has 1 unspecified atom stereocenters. The van der Waals surface area contributed by atoms with Gasteiger partial charge in [-0.25, -0.2) is 4.98 Å². The highest BCUT2D eigenvalue weighted by Crippen LogP contribution is 2.36. The van der Waals surface area contributed by atoms with E-state index < -0.39 is 0 Å². The van der Waals surface area contributed by atoms with Crippen LogP contribution in [0.2, 0.25) is 0 Å². The number of hydrogen-bond acceptors (Lipinski definition) is 2. The first-order valence-corrected chi connectivity index (χ1v) is 8.16. The summed E-state index contributed by atoms with van der Waals surface area (Å²) in [5.41, 5.74) is 6.09. The van der Waals surface area contributed by atoms with Crippen molar-refractivity contribution in [3.05, 3.63) is 77.9 Å². The molecule has 4 rings (SSSR count). The minimum Gasteiger partial charge on any atom is -0.392 e. The molecule has 0 bridgehead atoms. The van der Waals surface area contributed by atoms with Gasteiger partial charge < -0.3 is 9.67 Å². The summed E-state index contributed by atoms with van der Waals surface area (Å²) in [6, 6.07) is 17.2. The first-order chi connectivity index (χ1) is 11.4. The van der Waals surface area contributed by atoms with E-state index in [-0.39, 0.29) is 6.61 Å². The van der Waals surface area contributed by atoms with Crippen LogP contribution in [0.4, 0.5) is 0 Å². The number of benzene rings is 2. The molecule has 1 aliphatic rings. The fourth-order valence-corrected chi connectivity index (χ4v) is 3.57. The fraction of sp³-hybridized carbons (Fsp3) is 0.250. The lowest BCUT2D eigenvalue weighted by Gasteiger charge is -2.27. The second kappa shape index (κ2) is 6.01. The number of rotatable bonds is 3. The lowest BCUT2D eigenvalue weighted by molar-refractivity contribution is 0.282. The van der Waals surface area contributed by atoms with Gasteiger partial charge in [0.25, 0.3) is 0 Å². The topological polar surface area (TPSA) is 38.1 Å². The second-order valence-electron chi connectivity index (χ2n) is 6.14. The van der Waals surface area contributed by atoms with Crippen LogP contribution in [0.3, 0.4) is 0 Å². The molecule has 2 heterocycles. The maximum absolute atomic E-state index is 9.23. The first-order valence-electron chi connectivity index (χ1n) is 8.16. The highest BCUT2D eigenvalue weighted by Gasteiger charge is 2.23.